The number of benzene rings is 1. The Morgan fingerprint density at radius 2 is 2.00 bits per heavy atom. The molecule has 1 aliphatic carbocycles. The molecule has 1 N–H and O–H groups in total. The molecule has 0 saturated heterocycles. The molecule has 1 saturated carbocycles. The molecule has 0 spiro atoms. The Morgan fingerprint density at radius 3 is 2.80 bits per heavy atom. The summed E-state index contributed by atoms with van der Waals surface area (Å²) < 4.78 is 2.02. The van der Waals surface area contributed by atoms with Gasteiger partial charge in [-0.25, -0.2) is 9.97 Å². The van der Waals surface area contributed by atoms with Gasteiger partial charge in [0, 0.05) is 17.8 Å². The molecule has 5 nitrogen and oxygen atoms in total. The van der Waals surface area contributed by atoms with Crippen molar-refractivity contribution >= 4 is 17.1 Å². The highest BCUT2D eigenvalue weighted by Crippen LogP contribution is 2.24. The largest absolute Gasteiger partial charge is 0.349 e. The third-order valence-electron chi connectivity index (χ3n) is 4.99. The summed E-state index contributed by atoms with van der Waals surface area (Å²) in [6.07, 6.45) is 6.34. The van der Waals surface area contributed by atoms with E-state index in [1.165, 1.54) is 12.8 Å². The fourth-order valence-corrected chi connectivity index (χ4v) is 3.64. The van der Waals surface area contributed by atoms with Crippen molar-refractivity contribution in [2.24, 2.45) is 0 Å². The zero-order valence-electron chi connectivity index (χ0n) is 14.6. The third-order valence-corrected chi connectivity index (χ3v) is 4.99. The molecule has 5 heteroatoms. The van der Waals surface area contributed by atoms with Gasteiger partial charge in [0.2, 0.25) is 0 Å². The maximum absolute atomic E-state index is 12.6. The van der Waals surface area contributed by atoms with Crippen LogP contribution in [0.25, 0.3) is 16.9 Å². The predicted octanol–water partition coefficient (Wildman–Crippen LogP) is 3.71. The average Bonchev–Trinajstić information content (AvgIpc) is 3.22. The van der Waals surface area contributed by atoms with E-state index in [9.17, 15) is 4.79 Å². The molecule has 2 aromatic heterocycles. The summed E-state index contributed by atoms with van der Waals surface area (Å²) in [5.41, 5.74) is 4.41. The predicted molar refractivity (Wildman–Crippen MR) is 98.1 cm³/mol. The second kappa shape index (κ2) is 6.31. The average molecular weight is 334 g/mol. The van der Waals surface area contributed by atoms with E-state index in [1.807, 2.05) is 48.7 Å². The summed E-state index contributed by atoms with van der Waals surface area (Å²) in [7, 11) is 0. The Bertz CT molecular complexity index is 938. The standard InChI is InChI=1S/C20H22N4O/c1-13-9-10-15(20(25)23-16-6-3-4-7-16)12-18(13)24-14(2)22-17-8-5-11-21-19(17)24/h5,8-12,16H,3-4,6-7H2,1-2H3,(H,23,25). The number of hydrogen-bond donors (Lipinski definition) is 1. The van der Waals surface area contributed by atoms with Crippen molar-refractivity contribution in [1.29, 1.82) is 0 Å². The van der Waals surface area contributed by atoms with Gasteiger partial charge in [-0.15, -0.1) is 0 Å². The van der Waals surface area contributed by atoms with Crippen molar-refractivity contribution in [3.63, 3.8) is 0 Å². The van der Waals surface area contributed by atoms with Crippen LogP contribution in [0.2, 0.25) is 0 Å². The zero-order valence-corrected chi connectivity index (χ0v) is 14.6. The second-order valence-corrected chi connectivity index (χ2v) is 6.80. The number of fused-ring (bicyclic) bond motifs is 1. The van der Waals surface area contributed by atoms with Gasteiger partial charge in [-0.2, -0.15) is 0 Å². The van der Waals surface area contributed by atoms with E-state index in [0.29, 0.717) is 11.6 Å². The van der Waals surface area contributed by atoms with Crippen LogP contribution in [0.15, 0.2) is 36.5 Å². The summed E-state index contributed by atoms with van der Waals surface area (Å²) in [5.74, 6) is 0.869. The Hall–Kier alpha value is -2.69. The summed E-state index contributed by atoms with van der Waals surface area (Å²) in [5, 5.41) is 3.16. The monoisotopic (exact) mass is 334 g/mol. The molecule has 25 heavy (non-hydrogen) atoms. The van der Waals surface area contributed by atoms with E-state index >= 15 is 0 Å². The SMILES string of the molecule is Cc1ccc(C(=O)NC2CCCC2)cc1-n1c(C)nc2cccnc21. The van der Waals surface area contributed by atoms with Gasteiger partial charge in [-0.3, -0.25) is 9.36 Å². The molecule has 0 aliphatic heterocycles. The first-order chi connectivity index (χ1) is 12.1. The summed E-state index contributed by atoms with van der Waals surface area (Å²) >= 11 is 0. The Labute approximate surface area is 147 Å². The maximum Gasteiger partial charge on any atom is 0.251 e. The van der Waals surface area contributed by atoms with Crippen LogP contribution in [0.1, 0.15) is 47.4 Å². The van der Waals surface area contributed by atoms with Crippen LogP contribution in [-0.4, -0.2) is 26.5 Å². The number of hydrogen-bond acceptors (Lipinski definition) is 3. The minimum Gasteiger partial charge on any atom is -0.349 e. The van der Waals surface area contributed by atoms with Crippen LogP contribution >= 0.6 is 0 Å². The molecule has 0 unspecified atom stereocenters. The fraction of sp³-hybridized carbons (Fsp3) is 0.350. The number of imidazole rings is 1. The molecular weight excluding hydrogens is 312 g/mol. The van der Waals surface area contributed by atoms with E-state index in [2.05, 4.69) is 15.3 Å². The molecule has 128 valence electrons. The quantitative estimate of drug-likeness (QED) is 0.794. The number of nitrogens with zero attached hydrogens (tertiary/aromatic N) is 3. The molecule has 0 bridgehead atoms. The number of pyridine rings is 1. The summed E-state index contributed by atoms with van der Waals surface area (Å²) in [6.45, 7) is 4.01. The molecule has 3 aromatic rings. The number of aromatic nitrogens is 3. The van der Waals surface area contributed by atoms with E-state index < -0.39 is 0 Å². The molecule has 1 aliphatic rings. The van der Waals surface area contributed by atoms with E-state index in [4.69, 9.17) is 0 Å². The molecule has 1 aromatic carbocycles. The fourth-order valence-electron chi connectivity index (χ4n) is 3.64. The van der Waals surface area contributed by atoms with Crippen LogP contribution in [0.3, 0.4) is 0 Å². The van der Waals surface area contributed by atoms with E-state index in [0.717, 1.165) is 41.1 Å². The number of aryl methyl sites for hydroxylation is 2. The first-order valence-electron chi connectivity index (χ1n) is 8.85. The van der Waals surface area contributed by atoms with Gasteiger partial charge < -0.3 is 5.32 Å². The van der Waals surface area contributed by atoms with Crippen LogP contribution in [-0.2, 0) is 0 Å². The van der Waals surface area contributed by atoms with Crippen LogP contribution < -0.4 is 5.32 Å². The third kappa shape index (κ3) is 2.90. The zero-order chi connectivity index (χ0) is 17.4. The Kier molecular flexibility index (Phi) is 3.99. The van der Waals surface area contributed by atoms with Gasteiger partial charge in [0.25, 0.3) is 5.91 Å². The van der Waals surface area contributed by atoms with Crippen molar-refractivity contribution in [2.45, 2.75) is 45.6 Å². The molecular formula is C20H22N4O. The van der Waals surface area contributed by atoms with Crippen molar-refractivity contribution < 1.29 is 4.79 Å². The first-order valence-corrected chi connectivity index (χ1v) is 8.85. The topological polar surface area (TPSA) is 59.8 Å². The minimum atomic E-state index is 0.00295. The van der Waals surface area contributed by atoms with Gasteiger partial charge in [-0.05, 0) is 56.5 Å². The molecule has 4 rings (SSSR count). The first kappa shape index (κ1) is 15.8. The number of rotatable bonds is 3. The lowest BCUT2D eigenvalue weighted by atomic mass is 10.1. The van der Waals surface area contributed by atoms with Gasteiger partial charge in [0.1, 0.15) is 11.3 Å². The van der Waals surface area contributed by atoms with E-state index in [1.54, 1.807) is 6.20 Å². The highest BCUT2D eigenvalue weighted by atomic mass is 16.1. The van der Waals surface area contributed by atoms with Gasteiger partial charge >= 0.3 is 0 Å². The Morgan fingerprint density at radius 1 is 1.20 bits per heavy atom. The highest BCUT2D eigenvalue weighted by Gasteiger charge is 2.19. The van der Waals surface area contributed by atoms with Crippen molar-refractivity contribution in [2.75, 3.05) is 0 Å². The Balaban J connectivity index is 1.74. The van der Waals surface area contributed by atoms with Crippen molar-refractivity contribution in [3.8, 4) is 5.69 Å². The highest BCUT2D eigenvalue weighted by molar-refractivity contribution is 5.95. The van der Waals surface area contributed by atoms with Gasteiger partial charge in [0.15, 0.2) is 5.65 Å². The van der Waals surface area contributed by atoms with Crippen LogP contribution in [0.5, 0.6) is 0 Å². The second-order valence-electron chi connectivity index (χ2n) is 6.80. The van der Waals surface area contributed by atoms with Gasteiger partial charge in [0.05, 0.1) is 5.69 Å². The van der Waals surface area contributed by atoms with Crippen LogP contribution in [0.4, 0.5) is 0 Å². The summed E-state index contributed by atoms with van der Waals surface area (Å²) in [4.78, 5) is 21.7. The number of carbonyl (C=O) groups is 1. The summed E-state index contributed by atoms with van der Waals surface area (Å²) in [6, 6.07) is 9.99. The number of carbonyl (C=O) groups excluding carboxylic acids is 1. The minimum absolute atomic E-state index is 0.00295. The molecule has 2 heterocycles. The van der Waals surface area contributed by atoms with Crippen molar-refractivity contribution in [3.05, 3.63) is 53.5 Å². The van der Waals surface area contributed by atoms with Gasteiger partial charge in [-0.1, -0.05) is 18.9 Å². The molecule has 1 amide bonds. The van der Waals surface area contributed by atoms with E-state index in [-0.39, 0.29) is 5.91 Å². The van der Waals surface area contributed by atoms with Crippen LogP contribution in [0, 0.1) is 13.8 Å². The lowest BCUT2D eigenvalue weighted by Gasteiger charge is -2.15. The maximum atomic E-state index is 12.6. The van der Waals surface area contributed by atoms with Crippen molar-refractivity contribution in [1.82, 2.24) is 19.9 Å². The molecule has 0 atom stereocenters. The molecule has 1 fully saturated rings. The number of amides is 1. The number of nitrogens with one attached hydrogen (secondary N) is 1. The smallest absolute Gasteiger partial charge is 0.251 e. The lowest BCUT2D eigenvalue weighted by Crippen LogP contribution is -2.32. The lowest BCUT2D eigenvalue weighted by molar-refractivity contribution is 0.0938. The normalized spacial score (nSPS) is 15.0. The molecule has 0 radical (unpaired) electrons.